The van der Waals surface area contributed by atoms with Crippen LogP contribution in [0.2, 0.25) is 0 Å². The van der Waals surface area contributed by atoms with Gasteiger partial charge in [0, 0.05) is 38.4 Å². The second kappa shape index (κ2) is 7.38. The van der Waals surface area contributed by atoms with Crippen LogP contribution in [0.3, 0.4) is 0 Å². The van der Waals surface area contributed by atoms with Crippen molar-refractivity contribution < 1.29 is 9.66 Å². The van der Waals surface area contributed by atoms with Gasteiger partial charge in [0.1, 0.15) is 5.69 Å². The van der Waals surface area contributed by atoms with Gasteiger partial charge < -0.3 is 10.1 Å². The van der Waals surface area contributed by atoms with Crippen molar-refractivity contribution in [3.63, 3.8) is 0 Å². The molecule has 0 unspecified atom stereocenters. The predicted octanol–water partition coefficient (Wildman–Crippen LogP) is 2.64. The van der Waals surface area contributed by atoms with Crippen molar-refractivity contribution in [1.82, 2.24) is 4.90 Å². The van der Waals surface area contributed by atoms with Crippen LogP contribution in [-0.2, 0) is 11.3 Å². The third kappa shape index (κ3) is 4.15. The van der Waals surface area contributed by atoms with Crippen LogP contribution in [0, 0.1) is 10.1 Å². The van der Waals surface area contributed by atoms with Crippen molar-refractivity contribution in [2.75, 3.05) is 32.1 Å². The van der Waals surface area contributed by atoms with E-state index in [1.165, 1.54) is 0 Å². The Morgan fingerprint density at radius 3 is 2.76 bits per heavy atom. The zero-order valence-corrected chi connectivity index (χ0v) is 12.7. The Labute approximate surface area is 125 Å². The molecule has 0 aromatic heterocycles. The molecule has 1 heterocycles. The topological polar surface area (TPSA) is 67.6 Å². The standard InChI is InChI=1S/C15H23N3O3/c1-3-16-14-10-12(4-5-15(14)18(19)20)11-17(2)13-6-8-21-9-7-13/h4-5,10,13,16H,3,6-9,11H2,1-2H3. The minimum absolute atomic E-state index is 0.134. The van der Waals surface area contributed by atoms with Gasteiger partial charge >= 0.3 is 0 Å². The summed E-state index contributed by atoms with van der Waals surface area (Å²) in [4.78, 5) is 13.0. The molecule has 2 rings (SSSR count). The monoisotopic (exact) mass is 293 g/mol. The summed E-state index contributed by atoms with van der Waals surface area (Å²) in [5.41, 5.74) is 1.82. The zero-order chi connectivity index (χ0) is 15.2. The molecule has 1 aromatic carbocycles. The fourth-order valence-electron chi connectivity index (χ4n) is 2.72. The smallest absolute Gasteiger partial charge is 0.292 e. The Bertz CT molecular complexity index is 487. The second-order valence-electron chi connectivity index (χ2n) is 5.40. The maximum Gasteiger partial charge on any atom is 0.292 e. The lowest BCUT2D eigenvalue weighted by molar-refractivity contribution is -0.384. The van der Waals surface area contributed by atoms with Crippen molar-refractivity contribution in [2.24, 2.45) is 0 Å². The molecule has 1 saturated heterocycles. The Morgan fingerprint density at radius 2 is 2.14 bits per heavy atom. The highest BCUT2D eigenvalue weighted by Crippen LogP contribution is 2.26. The molecule has 0 spiro atoms. The summed E-state index contributed by atoms with van der Waals surface area (Å²) in [7, 11) is 2.10. The number of hydrogen-bond acceptors (Lipinski definition) is 5. The molecule has 0 bridgehead atoms. The average Bonchev–Trinajstić information content (AvgIpc) is 2.48. The van der Waals surface area contributed by atoms with E-state index in [4.69, 9.17) is 4.74 Å². The van der Waals surface area contributed by atoms with Crippen molar-refractivity contribution in [1.29, 1.82) is 0 Å². The Balaban J connectivity index is 2.08. The first kappa shape index (κ1) is 15.7. The minimum Gasteiger partial charge on any atom is -0.381 e. The predicted molar refractivity (Wildman–Crippen MR) is 82.6 cm³/mol. The summed E-state index contributed by atoms with van der Waals surface area (Å²) in [5, 5.41) is 14.1. The molecule has 1 N–H and O–H groups in total. The molecule has 6 nitrogen and oxygen atoms in total. The fourth-order valence-corrected chi connectivity index (χ4v) is 2.72. The summed E-state index contributed by atoms with van der Waals surface area (Å²) >= 11 is 0. The van der Waals surface area contributed by atoms with Crippen LogP contribution < -0.4 is 5.32 Å². The third-order valence-electron chi connectivity index (χ3n) is 3.87. The molecule has 0 amide bonds. The molecule has 1 aliphatic heterocycles. The van der Waals surface area contributed by atoms with E-state index in [1.54, 1.807) is 6.07 Å². The first-order valence-electron chi connectivity index (χ1n) is 7.41. The number of benzene rings is 1. The summed E-state index contributed by atoms with van der Waals surface area (Å²) in [5.74, 6) is 0. The molecule has 1 aromatic rings. The average molecular weight is 293 g/mol. The van der Waals surface area contributed by atoms with Crippen molar-refractivity contribution >= 4 is 11.4 Å². The summed E-state index contributed by atoms with van der Waals surface area (Å²) in [6.45, 7) is 5.03. The van der Waals surface area contributed by atoms with E-state index >= 15 is 0 Å². The van der Waals surface area contributed by atoms with Crippen LogP contribution in [0.5, 0.6) is 0 Å². The minimum atomic E-state index is -0.343. The SMILES string of the molecule is CCNc1cc(CN(C)C2CCOCC2)ccc1[N+](=O)[O-]. The number of nitro benzene ring substituents is 1. The lowest BCUT2D eigenvalue weighted by Crippen LogP contribution is -2.36. The van der Waals surface area contributed by atoms with Gasteiger partial charge in [0.2, 0.25) is 0 Å². The molecular weight excluding hydrogens is 270 g/mol. The lowest BCUT2D eigenvalue weighted by Gasteiger charge is -2.31. The number of nitrogens with one attached hydrogen (secondary N) is 1. The van der Waals surface area contributed by atoms with Crippen molar-refractivity contribution in [3.05, 3.63) is 33.9 Å². The zero-order valence-electron chi connectivity index (χ0n) is 12.7. The van der Waals surface area contributed by atoms with E-state index in [-0.39, 0.29) is 10.6 Å². The highest BCUT2D eigenvalue weighted by atomic mass is 16.6. The van der Waals surface area contributed by atoms with Crippen LogP contribution in [-0.4, -0.2) is 42.7 Å². The van der Waals surface area contributed by atoms with Gasteiger partial charge in [-0.1, -0.05) is 6.07 Å². The molecule has 0 radical (unpaired) electrons. The van der Waals surface area contributed by atoms with Crippen LogP contribution in [0.25, 0.3) is 0 Å². The molecule has 0 saturated carbocycles. The second-order valence-corrected chi connectivity index (χ2v) is 5.40. The highest BCUT2D eigenvalue weighted by molar-refractivity contribution is 5.62. The van der Waals surface area contributed by atoms with Crippen molar-refractivity contribution in [2.45, 2.75) is 32.4 Å². The first-order chi connectivity index (χ1) is 10.1. The first-order valence-corrected chi connectivity index (χ1v) is 7.41. The van der Waals surface area contributed by atoms with Gasteiger partial charge in [-0.05, 0) is 38.4 Å². The van der Waals surface area contributed by atoms with E-state index in [0.29, 0.717) is 18.3 Å². The van der Waals surface area contributed by atoms with E-state index in [0.717, 1.165) is 38.2 Å². The van der Waals surface area contributed by atoms with Crippen LogP contribution in [0.1, 0.15) is 25.3 Å². The maximum absolute atomic E-state index is 11.0. The van der Waals surface area contributed by atoms with Gasteiger partial charge in [0.15, 0.2) is 0 Å². The van der Waals surface area contributed by atoms with Gasteiger partial charge in [-0.15, -0.1) is 0 Å². The third-order valence-corrected chi connectivity index (χ3v) is 3.87. The van der Waals surface area contributed by atoms with E-state index in [1.807, 2.05) is 19.1 Å². The van der Waals surface area contributed by atoms with E-state index in [2.05, 4.69) is 17.3 Å². The number of nitrogens with zero attached hydrogens (tertiary/aromatic N) is 2. The number of anilines is 1. The molecule has 0 aliphatic carbocycles. The molecule has 1 fully saturated rings. The molecule has 21 heavy (non-hydrogen) atoms. The molecule has 116 valence electrons. The van der Waals surface area contributed by atoms with Gasteiger partial charge in [-0.25, -0.2) is 0 Å². The quantitative estimate of drug-likeness (QED) is 0.645. The van der Waals surface area contributed by atoms with Crippen LogP contribution >= 0.6 is 0 Å². The summed E-state index contributed by atoms with van der Waals surface area (Å²) in [6.07, 6.45) is 2.09. The van der Waals surface area contributed by atoms with Gasteiger partial charge in [-0.2, -0.15) is 0 Å². The number of hydrogen-bond donors (Lipinski definition) is 1. The number of nitro groups is 1. The number of ether oxygens (including phenoxy) is 1. The fraction of sp³-hybridized carbons (Fsp3) is 0.600. The highest BCUT2D eigenvalue weighted by Gasteiger charge is 2.19. The molecular formula is C15H23N3O3. The largest absolute Gasteiger partial charge is 0.381 e. The molecule has 0 atom stereocenters. The van der Waals surface area contributed by atoms with Crippen molar-refractivity contribution in [3.8, 4) is 0 Å². The lowest BCUT2D eigenvalue weighted by atomic mass is 10.1. The van der Waals surface area contributed by atoms with Gasteiger partial charge in [0.25, 0.3) is 5.69 Å². The van der Waals surface area contributed by atoms with Crippen LogP contribution in [0.4, 0.5) is 11.4 Å². The molecule has 6 heteroatoms. The van der Waals surface area contributed by atoms with E-state index in [9.17, 15) is 10.1 Å². The normalized spacial score (nSPS) is 16.1. The van der Waals surface area contributed by atoms with E-state index < -0.39 is 0 Å². The Kier molecular flexibility index (Phi) is 5.52. The van der Waals surface area contributed by atoms with Gasteiger partial charge in [0.05, 0.1) is 4.92 Å². The van der Waals surface area contributed by atoms with Crippen LogP contribution in [0.15, 0.2) is 18.2 Å². The Morgan fingerprint density at radius 1 is 1.43 bits per heavy atom. The molecule has 1 aliphatic rings. The number of rotatable bonds is 6. The summed E-state index contributed by atoms with van der Waals surface area (Å²) in [6, 6.07) is 5.84. The summed E-state index contributed by atoms with van der Waals surface area (Å²) < 4.78 is 5.38. The Hall–Kier alpha value is -1.66. The maximum atomic E-state index is 11.0. The van der Waals surface area contributed by atoms with Gasteiger partial charge in [-0.3, -0.25) is 15.0 Å².